The average Bonchev–Trinajstić information content (AvgIpc) is 2.55. The van der Waals surface area contributed by atoms with Gasteiger partial charge in [0.25, 0.3) is 0 Å². The van der Waals surface area contributed by atoms with Gasteiger partial charge in [0.15, 0.2) is 0 Å². The van der Waals surface area contributed by atoms with Crippen molar-refractivity contribution in [2.24, 2.45) is 17.8 Å². The molecule has 0 spiro atoms. The van der Waals surface area contributed by atoms with E-state index in [0.717, 1.165) is 25.7 Å². The topological polar surface area (TPSA) is 95.9 Å². The molecule has 0 aromatic heterocycles. The zero-order chi connectivity index (χ0) is 17.7. The SMILES string of the molecule is CCOC(=O)C1CCC(NC(=O)N2CC(C)CC(C(=O)O)C2)CC1. The van der Waals surface area contributed by atoms with Crippen molar-refractivity contribution >= 4 is 18.0 Å². The maximum atomic E-state index is 12.4. The Morgan fingerprint density at radius 1 is 1.12 bits per heavy atom. The Morgan fingerprint density at radius 2 is 1.79 bits per heavy atom. The normalized spacial score (nSPS) is 30.5. The number of carboxylic acid groups (broad SMARTS) is 1. The smallest absolute Gasteiger partial charge is 0.317 e. The zero-order valence-corrected chi connectivity index (χ0v) is 14.5. The highest BCUT2D eigenvalue weighted by molar-refractivity contribution is 5.77. The number of carbonyl (C=O) groups is 3. The second-order valence-electron chi connectivity index (χ2n) is 7.03. The van der Waals surface area contributed by atoms with Crippen molar-refractivity contribution in [3.05, 3.63) is 0 Å². The molecular formula is C17H28N2O5. The molecule has 2 rings (SSSR count). The van der Waals surface area contributed by atoms with Crippen LogP contribution in [0.2, 0.25) is 0 Å². The van der Waals surface area contributed by atoms with Gasteiger partial charge in [-0.25, -0.2) is 4.79 Å². The summed E-state index contributed by atoms with van der Waals surface area (Å²) >= 11 is 0. The number of piperidine rings is 1. The molecule has 0 aromatic rings. The molecule has 7 heteroatoms. The number of aliphatic carboxylic acids is 1. The number of carboxylic acids is 1. The van der Waals surface area contributed by atoms with Crippen LogP contribution in [0.25, 0.3) is 0 Å². The first-order valence-electron chi connectivity index (χ1n) is 8.85. The first-order chi connectivity index (χ1) is 11.4. The number of esters is 1. The fourth-order valence-corrected chi connectivity index (χ4v) is 3.70. The molecule has 2 aliphatic rings. The van der Waals surface area contributed by atoms with Gasteiger partial charge in [0.05, 0.1) is 18.4 Å². The van der Waals surface area contributed by atoms with Crippen molar-refractivity contribution in [2.75, 3.05) is 19.7 Å². The maximum Gasteiger partial charge on any atom is 0.317 e. The monoisotopic (exact) mass is 340 g/mol. The summed E-state index contributed by atoms with van der Waals surface area (Å²) in [5.74, 6) is -1.35. The minimum Gasteiger partial charge on any atom is -0.481 e. The predicted octanol–water partition coefficient (Wildman–Crippen LogP) is 1.86. The van der Waals surface area contributed by atoms with E-state index in [1.54, 1.807) is 11.8 Å². The summed E-state index contributed by atoms with van der Waals surface area (Å²) < 4.78 is 5.05. The summed E-state index contributed by atoms with van der Waals surface area (Å²) in [7, 11) is 0. The third kappa shape index (κ3) is 4.85. The third-order valence-corrected chi connectivity index (χ3v) is 4.97. The lowest BCUT2D eigenvalue weighted by Gasteiger charge is -2.36. The molecule has 1 aliphatic carbocycles. The van der Waals surface area contributed by atoms with Gasteiger partial charge in [0.1, 0.15) is 0 Å². The lowest BCUT2D eigenvalue weighted by atomic mass is 9.86. The molecule has 0 bridgehead atoms. The van der Waals surface area contributed by atoms with Gasteiger partial charge in [0, 0.05) is 19.1 Å². The Hall–Kier alpha value is -1.79. The van der Waals surface area contributed by atoms with Gasteiger partial charge >= 0.3 is 18.0 Å². The molecule has 0 radical (unpaired) electrons. The molecule has 2 N–H and O–H groups in total. The first-order valence-corrected chi connectivity index (χ1v) is 8.85. The number of amides is 2. The van der Waals surface area contributed by atoms with Crippen LogP contribution < -0.4 is 5.32 Å². The zero-order valence-electron chi connectivity index (χ0n) is 14.5. The molecule has 2 fully saturated rings. The van der Waals surface area contributed by atoms with Crippen molar-refractivity contribution in [3.63, 3.8) is 0 Å². The van der Waals surface area contributed by atoms with E-state index in [4.69, 9.17) is 4.74 Å². The van der Waals surface area contributed by atoms with Crippen LogP contribution in [-0.4, -0.2) is 53.7 Å². The third-order valence-electron chi connectivity index (χ3n) is 4.97. The van der Waals surface area contributed by atoms with Gasteiger partial charge in [-0.05, 0) is 44.9 Å². The molecule has 2 atom stereocenters. The van der Waals surface area contributed by atoms with Crippen molar-refractivity contribution in [2.45, 2.75) is 52.0 Å². The molecule has 24 heavy (non-hydrogen) atoms. The molecule has 2 unspecified atom stereocenters. The van der Waals surface area contributed by atoms with Gasteiger partial charge in [-0.1, -0.05) is 6.92 Å². The van der Waals surface area contributed by atoms with Gasteiger partial charge in [-0.3, -0.25) is 9.59 Å². The summed E-state index contributed by atoms with van der Waals surface area (Å²) in [6, 6.07) is -0.143. The van der Waals surface area contributed by atoms with E-state index in [1.165, 1.54) is 0 Å². The first kappa shape index (κ1) is 18.5. The largest absolute Gasteiger partial charge is 0.481 e. The number of nitrogens with zero attached hydrogens (tertiary/aromatic N) is 1. The number of hydrogen-bond acceptors (Lipinski definition) is 4. The predicted molar refractivity (Wildman–Crippen MR) is 87.4 cm³/mol. The number of rotatable bonds is 4. The van der Waals surface area contributed by atoms with Crippen molar-refractivity contribution < 1.29 is 24.2 Å². The summed E-state index contributed by atoms with van der Waals surface area (Å²) in [6.45, 7) is 5.03. The number of nitrogens with one attached hydrogen (secondary N) is 1. The van der Waals surface area contributed by atoms with E-state index in [-0.39, 0.29) is 36.4 Å². The van der Waals surface area contributed by atoms with Gasteiger partial charge in [0.2, 0.25) is 0 Å². The second kappa shape index (κ2) is 8.35. The van der Waals surface area contributed by atoms with Crippen LogP contribution in [0.15, 0.2) is 0 Å². The minimum atomic E-state index is -0.839. The molecule has 1 heterocycles. The lowest BCUT2D eigenvalue weighted by Crippen LogP contribution is -2.52. The fraction of sp³-hybridized carbons (Fsp3) is 0.824. The molecule has 1 aliphatic heterocycles. The Morgan fingerprint density at radius 3 is 2.38 bits per heavy atom. The van der Waals surface area contributed by atoms with E-state index < -0.39 is 11.9 Å². The van der Waals surface area contributed by atoms with E-state index in [0.29, 0.717) is 19.6 Å². The summed E-state index contributed by atoms with van der Waals surface area (Å²) in [6.07, 6.45) is 3.56. The fourth-order valence-electron chi connectivity index (χ4n) is 3.70. The number of hydrogen-bond donors (Lipinski definition) is 2. The van der Waals surface area contributed by atoms with Gasteiger partial charge in [-0.15, -0.1) is 0 Å². The molecular weight excluding hydrogens is 312 g/mol. The van der Waals surface area contributed by atoms with E-state index in [2.05, 4.69) is 5.32 Å². The standard InChI is InChI=1S/C17H28N2O5/c1-3-24-16(22)12-4-6-14(7-5-12)18-17(23)19-9-11(2)8-13(10-19)15(20)21/h11-14H,3-10H2,1-2H3,(H,18,23)(H,20,21). The number of ether oxygens (including phenoxy) is 1. The lowest BCUT2D eigenvalue weighted by molar-refractivity contribution is -0.149. The van der Waals surface area contributed by atoms with Crippen LogP contribution in [0.4, 0.5) is 4.79 Å². The quantitative estimate of drug-likeness (QED) is 0.762. The van der Waals surface area contributed by atoms with E-state index in [1.807, 2.05) is 6.92 Å². The average molecular weight is 340 g/mol. The van der Waals surface area contributed by atoms with Crippen LogP contribution in [0, 0.1) is 17.8 Å². The Balaban J connectivity index is 1.80. The van der Waals surface area contributed by atoms with Crippen molar-refractivity contribution in [1.82, 2.24) is 10.2 Å². The summed E-state index contributed by atoms with van der Waals surface area (Å²) in [5.41, 5.74) is 0. The van der Waals surface area contributed by atoms with Crippen LogP contribution >= 0.6 is 0 Å². The summed E-state index contributed by atoms with van der Waals surface area (Å²) in [5, 5.41) is 12.2. The highest BCUT2D eigenvalue weighted by Gasteiger charge is 2.33. The molecule has 1 saturated heterocycles. The molecule has 0 aromatic carbocycles. The van der Waals surface area contributed by atoms with Crippen molar-refractivity contribution in [1.29, 1.82) is 0 Å². The Kier molecular flexibility index (Phi) is 6.45. The van der Waals surface area contributed by atoms with Crippen molar-refractivity contribution in [3.8, 4) is 0 Å². The highest BCUT2D eigenvalue weighted by Crippen LogP contribution is 2.26. The molecule has 7 nitrogen and oxygen atoms in total. The minimum absolute atomic E-state index is 0.0451. The van der Waals surface area contributed by atoms with E-state index in [9.17, 15) is 19.5 Å². The molecule has 136 valence electrons. The molecule has 2 amide bonds. The number of urea groups is 1. The van der Waals surface area contributed by atoms with Crippen LogP contribution in [0.1, 0.15) is 46.0 Å². The van der Waals surface area contributed by atoms with Crippen LogP contribution in [0.3, 0.4) is 0 Å². The van der Waals surface area contributed by atoms with E-state index >= 15 is 0 Å². The van der Waals surface area contributed by atoms with Gasteiger partial charge < -0.3 is 20.1 Å². The van der Waals surface area contributed by atoms with Crippen LogP contribution in [-0.2, 0) is 14.3 Å². The number of likely N-dealkylation sites (tertiary alicyclic amines) is 1. The maximum absolute atomic E-state index is 12.4. The highest BCUT2D eigenvalue weighted by atomic mass is 16.5. The Bertz CT molecular complexity index is 474. The molecule has 1 saturated carbocycles. The second-order valence-corrected chi connectivity index (χ2v) is 7.03. The van der Waals surface area contributed by atoms with Gasteiger partial charge in [-0.2, -0.15) is 0 Å². The number of carbonyl (C=O) groups excluding carboxylic acids is 2. The Labute approximate surface area is 142 Å². The van der Waals surface area contributed by atoms with Crippen LogP contribution in [0.5, 0.6) is 0 Å². The summed E-state index contributed by atoms with van der Waals surface area (Å²) in [4.78, 5) is 37.0.